The lowest BCUT2D eigenvalue weighted by atomic mass is 9.94. The van der Waals surface area contributed by atoms with Gasteiger partial charge >= 0.3 is 0 Å². The fraction of sp³-hybridized carbons (Fsp3) is 0.667. The molecule has 4 nitrogen and oxygen atoms in total. The summed E-state index contributed by atoms with van der Waals surface area (Å²) in [4.78, 5) is 14.8. The summed E-state index contributed by atoms with van der Waals surface area (Å²) in [7, 11) is 2.14. The molecule has 0 spiro atoms. The van der Waals surface area contributed by atoms with Crippen LogP contribution in [0, 0.1) is 5.92 Å². The van der Waals surface area contributed by atoms with Crippen molar-refractivity contribution in [1.82, 2.24) is 14.8 Å². The Morgan fingerprint density at radius 1 is 1.55 bits per heavy atom. The van der Waals surface area contributed by atoms with Gasteiger partial charge in [-0.25, -0.2) is 0 Å². The lowest BCUT2D eigenvalue weighted by Crippen LogP contribution is -2.49. The molecule has 1 fully saturated rings. The van der Waals surface area contributed by atoms with E-state index in [9.17, 15) is 4.79 Å². The van der Waals surface area contributed by atoms with Crippen molar-refractivity contribution in [1.29, 1.82) is 0 Å². The van der Waals surface area contributed by atoms with Crippen molar-refractivity contribution in [3.8, 4) is 0 Å². The third-order valence-corrected chi connectivity index (χ3v) is 4.42. The van der Waals surface area contributed by atoms with E-state index in [0.29, 0.717) is 5.92 Å². The number of hydrogen-bond acceptors (Lipinski definition) is 2. The molecule has 1 amide bonds. The molecule has 2 rings (SSSR count). The zero-order valence-electron chi connectivity index (χ0n) is 12.5. The van der Waals surface area contributed by atoms with E-state index >= 15 is 0 Å². The SMILES string of the molecule is CCCn1cc(Br)cc1C(=O)NC1CCN(C)CC1C. The molecule has 1 N–H and O–H groups in total. The number of aryl methyl sites for hydroxylation is 1. The smallest absolute Gasteiger partial charge is 0.268 e. The standard InChI is InChI=1S/C15H24BrN3O/c1-4-6-19-10-12(16)8-14(19)15(20)17-13-5-7-18(3)9-11(13)2/h8,10-11,13H,4-7,9H2,1-3H3,(H,17,20). The van der Waals surface area contributed by atoms with Crippen LogP contribution in [-0.2, 0) is 6.54 Å². The van der Waals surface area contributed by atoms with E-state index in [1.165, 1.54) is 0 Å². The molecule has 1 aliphatic heterocycles. The molecule has 0 saturated carbocycles. The van der Waals surface area contributed by atoms with Crippen LogP contribution in [0.15, 0.2) is 16.7 Å². The Labute approximate surface area is 129 Å². The van der Waals surface area contributed by atoms with Gasteiger partial charge in [0, 0.05) is 29.8 Å². The molecule has 2 unspecified atom stereocenters. The van der Waals surface area contributed by atoms with Crippen molar-refractivity contribution in [2.45, 2.75) is 39.3 Å². The molecule has 1 aliphatic rings. The maximum absolute atomic E-state index is 12.5. The molecular weight excluding hydrogens is 318 g/mol. The largest absolute Gasteiger partial charge is 0.348 e. The summed E-state index contributed by atoms with van der Waals surface area (Å²) in [6.07, 6.45) is 4.03. The summed E-state index contributed by atoms with van der Waals surface area (Å²) in [6, 6.07) is 2.19. The van der Waals surface area contributed by atoms with Gasteiger partial charge in [0.25, 0.3) is 5.91 Å². The maximum Gasteiger partial charge on any atom is 0.268 e. The number of carbonyl (C=O) groups is 1. The Hall–Kier alpha value is -0.810. The summed E-state index contributed by atoms with van der Waals surface area (Å²) in [5.74, 6) is 0.543. The van der Waals surface area contributed by atoms with Gasteiger partial charge in [-0.1, -0.05) is 13.8 Å². The Balaban J connectivity index is 2.04. The molecule has 0 aliphatic carbocycles. The zero-order chi connectivity index (χ0) is 14.7. The first kappa shape index (κ1) is 15.6. The second kappa shape index (κ2) is 6.76. The van der Waals surface area contributed by atoms with Gasteiger partial charge in [0.15, 0.2) is 0 Å². The van der Waals surface area contributed by atoms with Gasteiger partial charge in [0.05, 0.1) is 0 Å². The van der Waals surface area contributed by atoms with Crippen LogP contribution in [0.4, 0.5) is 0 Å². The van der Waals surface area contributed by atoms with Crippen molar-refractivity contribution in [3.63, 3.8) is 0 Å². The quantitative estimate of drug-likeness (QED) is 0.914. The predicted octanol–water partition coefficient (Wildman–Crippen LogP) is 2.73. The normalized spacial score (nSPS) is 23.8. The summed E-state index contributed by atoms with van der Waals surface area (Å²) in [5.41, 5.74) is 0.754. The van der Waals surface area contributed by atoms with Gasteiger partial charge in [-0.2, -0.15) is 0 Å². The fourth-order valence-corrected chi connectivity index (χ4v) is 3.37. The molecule has 0 aromatic carbocycles. The second-order valence-electron chi connectivity index (χ2n) is 5.85. The highest BCUT2D eigenvalue weighted by atomic mass is 79.9. The number of rotatable bonds is 4. The molecular formula is C15H24BrN3O. The van der Waals surface area contributed by atoms with Gasteiger partial charge in [0.1, 0.15) is 5.69 Å². The lowest BCUT2D eigenvalue weighted by molar-refractivity contribution is 0.0874. The number of piperidine rings is 1. The van der Waals surface area contributed by atoms with E-state index in [-0.39, 0.29) is 11.9 Å². The Morgan fingerprint density at radius 2 is 2.30 bits per heavy atom. The first-order chi connectivity index (χ1) is 9.51. The molecule has 20 heavy (non-hydrogen) atoms. The van der Waals surface area contributed by atoms with Gasteiger partial charge in [-0.05, 0) is 54.3 Å². The molecule has 112 valence electrons. The van der Waals surface area contributed by atoms with Crippen LogP contribution in [0.2, 0.25) is 0 Å². The van der Waals surface area contributed by atoms with E-state index in [1.54, 1.807) is 0 Å². The monoisotopic (exact) mass is 341 g/mol. The maximum atomic E-state index is 12.5. The van der Waals surface area contributed by atoms with Gasteiger partial charge in [-0.3, -0.25) is 4.79 Å². The fourth-order valence-electron chi connectivity index (χ4n) is 2.90. The van der Waals surface area contributed by atoms with E-state index < -0.39 is 0 Å². The Bertz CT molecular complexity index is 472. The minimum Gasteiger partial charge on any atom is -0.348 e. The average molecular weight is 342 g/mol. The van der Waals surface area contributed by atoms with E-state index in [0.717, 1.165) is 42.6 Å². The van der Waals surface area contributed by atoms with Crippen molar-refractivity contribution >= 4 is 21.8 Å². The molecule has 1 aromatic heterocycles. The molecule has 2 atom stereocenters. The second-order valence-corrected chi connectivity index (χ2v) is 6.76. The number of carbonyl (C=O) groups excluding carboxylic acids is 1. The highest BCUT2D eigenvalue weighted by Gasteiger charge is 2.26. The van der Waals surface area contributed by atoms with Crippen LogP contribution < -0.4 is 5.32 Å². The van der Waals surface area contributed by atoms with Crippen molar-refractivity contribution in [2.75, 3.05) is 20.1 Å². The number of hydrogen-bond donors (Lipinski definition) is 1. The first-order valence-corrected chi connectivity index (χ1v) is 8.15. The number of amides is 1. The van der Waals surface area contributed by atoms with E-state index in [1.807, 2.05) is 16.8 Å². The van der Waals surface area contributed by atoms with Gasteiger partial charge in [0.2, 0.25) is 0 Å². The summed E-state index contributed by atoms with van der Waals surface area (Å²) in [5, 5.41) is 3.21. The summed E-state index contributed by atoms with van der Waals surface area (Å²) < 4.78 is 2.99. The van der Waals surface area contributed by atoms with Crippen LogP contribution in [0.1, 0.15) is 37.2 Å². The highest BCUT2D eigenvalue weighted by Crippen LogP contribution is 2.18. The molecule has 1 saturated heterocycles. The lowest BCUT2D eigenvalue weighted by Gasteiger charge is -2.35. The van der Waals surface area contributed by atoms with Gasteiger partial charge in [-0.15, -0.1) is 0 Å². The van der Waals surface area contributed by atoms with Crippen LogP contribution in [-0.4, -0.2) is 41.6 Å². The van der Waals surface area contributed by atoms with E-state index in [4.69, 9.17) is 0 Å². The molecule has 0 bridgehead atoms. The summed E-state index contributed by atoms with van der Waals surface area (Å²) in [6.45, 7) is 7.30. The zero-order valence-corrected chi connectivity index (χ0v) is 14.1. The topological polar surface area (TPSA) is 37.3 Å². The number of nitrogens with zero attached hydrogens (tertiary/aromatic N) is 2. The van der Waals surface area contributed by atoms with Crippen LogP contribution >= 0.6 is 15.9 Å². The minimum absolute atomic E-state index is 0.0468. The first-order valence-electron chi connectivity index (χ1n) is 7.36. The van der Waals surface area contributed by atoms with Crippen LogP contribution in [0.5, 0.6) is 0 Å². The third kappa shape index (κ3) is 3.64. The van der Waals surface area contributed by atoms with Gasteiger partial charge < -0.3 is 14.8 Å². The van der Waals surface area contributed by atoms with E-state index in [2.05, 4.69) is 47.0 Å². The summed E-state index contributed by atoms with van der Waals surface area (Å²) >= 11 is 3.46. The Morgan fingerprint density at radius 3 is 2.95 bits per heavy atom. The van der Waals surface area contributed by atoms with Crippen molar-refractivity contribution in [3.05, 3.63) is 22.4 Å². The highest BCUT2D eigenvalue weighted by molar-refractivity contribution is 9.10. The number of nitrogens with one attached hydrogen (secondary N) is 1. The minimum atomic E-state index is 0.0468. The molecule has 2 heterocycles. The van der Waals surface area contributed by atoms with Crippen LogP contribution in [0.3, 0.4) is 0 Å². The molecule has 5 heteroatoms. The Kier molecular flexibility index (Phi) is 5.27. The number of likely N-dealkylation sites (tertiary alicyclic amines) is 1. The predicted molar refractivity (Wildman–Crippen MR) is 85.0 cm³/mol. The molecule has 0 radical (unpaired) electrons. The average Bonchev–Trinajstić information content (AvgIpc) is 2.74. The third-order valence-electron chi connectivity index (χ3n) is 3.99. The number of halogens is 1. The van der Waals surface area contributed by atoms with Crippen molar-refractivity contribution < 1.29 is 4.79 Å². The van der Waals surface area contributed by atoms with Crippen molar-refractivity contribution in [2.24, 2.45) is 5.92 Å². The number of aromatic nitrogens is 1. The van der Waals surface area contributed by atoms with Crippen LogP contribution in [0.25, 0.3) is 0 Å². The molecule has 1 aromatic rings.